The number of hydrogen-bond acceptors (Lipinski definition) is 2. The fourth-order valence-electron chi connectivity index (χ4n) is 2.62. The number of benzene rings is 2. The van der Waals surface area contributed by atoms with E-state index in [2.05, 4.69) is 0 Å². The van der Waals surface area contributed by atoms with Gasteiger partial charge in [0.05, 0.1) is 5.57 Å². The molecule has 0 radical (unpaired) electrons. The van der Waals surface area contributed by atoms with Gasteiger partial charge in [-0.1, -0.05) is 34.8 Å². The Bertz CT molecular complexity index is 919. The van der Waals surface area contributed by atoms with Crippen LogP contribution < -0.4 is 4.74 Å². The van der Waals surface area contributed by atoms with Gasteiger partial charge in [0.25, 0.3) is 0 Å². The zero-order valence-corrected chi connectivity index (χ0v) is 14.8. The van der Waals surface area contributed by atoms with Gasteiger partial charge in [0.1, 0.15) is 5.75 Å². The van der Waals surface area contributed by atoms with Gasteiger partial charge in [0.2, 0.25) is 6.10 Å². The predicted molar refractivity (Wildman–Crippen MR) is 93.0 cm³/mol. The number of rotatable bonds is 2. The quantitative estimate of drug-likeness (QED) is 0.634. The average Bonchev–Trinajstić information content (AvgIpc) is 2.50. The molecule has 1 atom stereocenters. The number of ether oxygens (including phenoxy) is 1. The predicted octanol–water partition coefficient (Wildman–Crippen LogP) is 6.11. The number of fused-ring (bicyclic) bond motifs is 1. The third kappa shape index (κ3) is 3.63. The fourth-order valence-corrected chi connectivity index (χ4v) is 3.37. The monoisotopic (exact) mass is 422 g/mol. The van der Waals surface area contributed by atoms with E-state index in [1.165, 1.54) is 30.3 Å². The molecule has 1 aliphatic heterocycles. The van der Waals surface area contributed by atoms with Crippen LogP contribution >= 0.6 is 34.8 Å². The van der Waals surface area contributed by atoms with Gasteiger partial charge in [0.15, 0.2) is 0 Å². The molecule has 1 heterocycles. The molecule has 1 unspecified atom stereocenters. The smallest absolute Gasteiger partial charge is 0.430 e. The minimum Gasteiger partial charge on any atom is -0.478 e. The number of aliphatic carboxylic acids is 1. The van der Waals surface area contributed by atoms with Crippen LogP contribution in [0.3, 0.4) is 0 Å². The summed E-state index contributed by atoms with van der Waals surface area (Å²) in [6, 6.07) is 7.16. The Hall–Kier alpha value is -1.89. The molecule has 2 aromatic carbocycles. The van der Waals surface area contributed by atoms with Crippen LogP contribution in [0.1, 0.15) is 5.56 Å². The number of alkyl halides is 3. The molecule has 3 nitrogen and oxygen atoms in total. The SMILES string of the molecule is O=C(O)C1=Cc2cc(Cl)cc(-c3cc(Cl)cc(Cl)c3)c2OC1C(F)(F)F. The van der Waals surface area contributed by atoms with E-state index in [4.69, 9.17) is 44.6 Å². The maximum Gasteiger partial charge on any atom is 0.430 e. The van der Waals surface area contributed by atoms with Crippen molar-refractivity contribution in [3.63, 3.8) is 0 Å². The number of carboxylic acids is 1. The molecule has 2 aromatic rings. The van der Waals surface area contributed by atoms with E-state index < -0.39 is 23.8 Å². The van der Waals surface area contributed by atoms with Crippen LogP contribution in [0.5, 0.6) is 5.75 Å². The van der Waals surface area contributed by atoms with E-state index in [1.54, 1.807) is 0 Å². The molecular weight excluding hydrogens is 416 g/mol. The first-order valence-corrected chi connectivity index (χ1v) is 8.18. The van der Waals surface area contributed by atoms with Crippen molar-refractivity contribution < 1.29 is 27.8 Å². The van der Waals surface area contributed by atoms with E-state index >= 15 is 0 Å². The molecule has 0 saturated heterocycles. The molecular formula is C17H8Cl3F3O3. The third-order valence-electron chi connectivity index (χ3n) is 3.63. The fraction of sp³-hybridized carbons (Fsp3) is 0.118. The van der Waals surface area contributed by atoms with E-state index in [0.29, 0.717) is 5.56 Å². The van der Waals surface area contributed by atoms with Gasteiger partial charge >= 0.3 is 12.1 Å². The van der Waals surface area contributed by atoms with Gasteiger partial charge in [-0.05, 0) is 42.0 Å². The van der Waals surface area contributed by atoms with Crippen molar-refractivity contribution in [3.8, 4) is 16.9 Å². The van der Waals surface area contributed by atoms with E-state index in [1.807, 2.05) is 0 Å². The minimum atomic E-state index is -4.91. The van der Waals surface area contributed by atoms with E-state index in [9.17, 15) is 18.0 Å². The van der Waals surface area contributed by atoms with Crippen LogP contribution in [0.15, 0.2) is 35.9 Å². The third-order valence-corrected chi connectivity index (χ3v) is 4.28. The highest BCUT2D eigenvalue weighted by Crippen LogP contribution is 2.44. The maximum absolute atomic E-state index is 13.3. The summed E-state index contributed by atoms with van der Waals surface area (Å²) in [7, 11) is 0. The standard InChI is InChI=1S/C17H8Cl3F3O3/c18-9-1-7(2-10(19)5-9)12-6-11(20)3-8-4-13(16(24)25)15(17(21,22)23)26-14(8)12/h1-6,15H,(H,24,25). The molecule has 0 amide bonds. The van der Waals surface area contributed by atoms with Crippen molar-refractivity contribution in [2.75, 3.05) is 0 Å². The van der Waals surface area contributed by atoms with Crippen LogP contribution in [0, 0.1) is 0 Å². The number of carbonyl (C=O) groups is 1. The second kappa shape index (κ2) is 6.68. The molecule has 0 aliphatic carbocycles. The van der Waals surface area contributed by atoms with Crippen molar-refractivity contribution in [1.29, 1.82) is 0 Å². The highest BCUT2D eigenvalue weighted by molar-refractivity contribution is 6.35. The van der Waals surface area contributed by atoms with Gasteiger partial charge in [-0.25, -0.2) is 4.79 Å². The molecule has 9 heteroatoms. The highest BCUT2D eigenvalue weighted by atomic mass is 35.5. The Balaban J connectivity index is 2.26. The van der Waals surface area contributed by atoms with Crippen LogP contribution in [0.4, 0.5) is 13.2 Å². The molecule has 0 spiro atoms. The van der Waals surface area contributed by atoms with Crippen molar-refractivity contribution in [3.05, 3.63) is 56.5 Å². The van der Waals surface area contributed by atoms with Crippen molar-refractivity contribution in [2.24, 2.45) is 0 Å². The van der Waals surface area contributed by atoms with Crippen molar-refractivity contribution in [1.82, 2.24) is 0 Å². The summed E-state index contributed by atoms with van der Waals surface area (Å²) in [5.41, 5.74) is -0.218. The molecule has 1 N–H and O–H groups in total. The lowest BCUT2D eigenvalue weighted by Crippen LogP contribution is -2.40. The van der Waals surface area contributed by atoms with Gasteiger partial charge in [-0.2, -0.15) is 13.2 Å². The number of carboxylic acid groups (broad SMARTS) is 1. The van der Waals surface area contributed by atoms with Gasteiger partial charge < -0.3 is 9.84 Å². The molecule has 1 aliphatic rings. The van der Waals surface area contributed by atoms with Crippen molar-refractivity contribution in [2.45, 2.75) is 12.3 Å². The van der Waals surface area contributed by atoms with Crippen LogP contribution in [-0.4, -0.2) is 23.4 Å². The first-order chi connectivity index (χ1) is 12.1. The van der Waals surface area contributed by atoms with Gasteiger partial charge in [0, 0.05) is 26.2 Å². The lowest BCUT2D eigenvalue weighted by atomic mass is 9.96. The van der Waals surface area contributed by atoms with Crippen LogP contribution in [0.2, 0.25) is 15.1 Å². The summed E-state index contributed by atoms with van der Waals surface area (Å²) in [5, 5.41) is 9.83. The minimum absolute atomic E-state index is 0.112. The van der Waals surface area contributed by atoms with E-state index in [-0.39, 0.29) is 31.9 Å². The lowest BCUT2D eigenvalue weighted by Gasteiger charge is -2.28. The second-order valence-corrected chi connectivity index (χ2v) is 6.78. The highest BCUT2D eigenvalue weighted by Gasteiger charge is 2.48. The Morgan fingerprint density at radius 2 is 1.58 bits per heavy atom. The first-order valence-electron chi connectivity index (χ1n) is 7.04. The molecule has 136 valence electrons. The Morgan fingerprint density at radius 1 is 1.00 bits per heavy atom. The zero-order valence-electron chi connectivity index (χ0n) is 12.6. The summed E-state index contributed by atoms with van der Waals surface area (Å²) in [4.78, 5) is 11.2. The van der Waals surface area contributed by atoms with Gasteiger partial charge in [-0.3, -0.25) is 0 Å². The number of hydrogen-bond donors (Lipinski definition) is 1. The van der Waals surface area contributed by atoms with Crippen LogP contribution in [-0.2, 0) is 4.79 Å². The summed E-state index contributed by atoms with van der Waals surface area (Å²) >= 11 is 18.0. The largest absolute Gasteiger partial charge is 0.478 e. The summed E-state index contributed by atoms with van der Waals surface area (Å²) in [5.74, 6) is -1.88. The first kappa shape index (κ1) is 18.9. The topological polar surface area (TPSA) is 46.5 Å². The normalized spacial score (nSPS) is 16.5. The average molecular weight is 424 g/mol. The maximum atomic E-state index is 13.3. The lowest BCUT2D eigenvalue weighted by molar-refractivity contribution is -0.187. The van der Waals surface area contributed by atoms with Gasteiger partial charge in [-0.15, -0.1) is 0 Å². The van der Waals surface area contributed by atoms with Crippen molar-refractivity contribution >= 4 is 46.8 Å². The Morgan fingerprint density at radius 3 is 2.12 bits per heavy atom. The summed E-state index contributed by atoms with van der Waals surface area (Å²) in [6.07, 6.45) is -6.62. The van der Waals surface area contributed by atoms with Crippen LogP contribution in [0.25, 0.3) is 17.2 Å². The molecule has 0 bridgehead atoms. The molecule has 0 fully saturated rings. The second-order valence-electron chi connectivity index (χ2n) is 5.47. The van der Waals surface area contributed by atoms with E-state index in [0.717, 1.165) is 6.08 Å². The molecule has 0 aromatic heterocycles. The summed E-state index contributed by atoms with van der Waals surface area (Å²) in [6.45, 7) is 0. The molecule has 3 rings (SSSR count). The molecule has 0 saturated carbocycles. The summed E-state index contributed by atoms with van der Waals surface area (Å²) < 4.78 is 44.9. The zero-order chi connectivity index (χ0) is 19.2. The Kier molecular flexibility index (Phi) is 4.86. The number of halogens is 6. The molecule has 26 heavy (non-hydrogen) atoms. The Labute approximate surface area is 160 Å².